The molecule has 17 heavy (non-hydrogen) atoms. The summed E-state index contributed by atoms with van der Waals surface area (Å²) >= 11 is 1.56. The zero-order chi connectivity index (χ0) is 12.3. The average molecular weight is 248 g/mol. The first-order valence-corrected chi connectivity index (χ1v) is 6.23. The Kier molecular flexibility index (Phi) is 3.64. The molecule has 0 saturated carbocycles. The normalized spacial score (nSPS) is 10.5. The largest absolute Gasteiger partial charge is 0.397 e. The summed E-state index contributed by atoms with van der Waals surface area (Å²) in [5.41, 5.74) is 8.53. The Balaban J connectivity index is 2.10. The van der Waals surface area contributed by atoms with Crippen molar-refractivity contribution in [2.24, 2.45) is 0 Å². The Morgan fingerprint density at radius 1 is 1.35 bits per heavy atom. The van der Waals surface area contributed by atoms with Crippen molar-refractivity contribution in [3.05, 3.63) is 53.5 Å². The minimum atomic E-state index is -0.200. The summed E-state index contributed by atoms with van der Waals surface area (Å²) in [7, 11) is 0. The molecule has 2 nitrogen and oxygen atoms in total. The second-order valence-corrected chi connectivity index (χ2v) is 4.72. The van der Waals surface area contributed by atoms with Gasteiger partial charge in [0.25, 0.3) is 0 Å². The van der Waals surface area contributed by atoms with Crippen molar-refractivity contribution in [2.75, 3.05) is 5.73 Å². The lowest BCUT2D eigenvalue weighted by atomic mass is 10.1. The first kappa shape index (κ1) is 11.9. The van der Waals surface area contributed by atoms with Gasteiger partial charge in [-0.05, 0) is 42.3 Å². The molecule has 1 heterocycles. The molecular formula is C13H13FN2S. The third kappa shape index (κ3) is 2.97. The highest BCUT2D eigenvalue weighted by Crippen LogP contribution is 2.26. The SMILES string of the molecule is Cc1cc(F)ccc1CSc1ncccc1N. The van der Waals surface area contributed by atoms with Gasteiger partial charge in [-0.2, -0.15) is 0 Å². The van der Waals surface area contributed by atoms with Gasteiger partial charge in [-0.1, -0.05) is 17.8 Å². The van der Waals surface area contributed by atoms with Crippen molar-refractivity contribution >= 4 is 17.4 Å². The third-order valence-electron chi connectivity index (χ3n) is 2.47. The van der Waals surface area contributed by atoms with E-state index in [2.05, 4.69) is 4.98 Å². The predicted molar refractivity (Wildman–Crippen MR) is 69.3 cm³/mol. The maximum absolute atomic E-state index is 12.9. The van der Waals surface area contributed by atoms with E-state index >= 15 is 0 Å². The van der Waals surface area contributed by atoms with Gasteiger partial charge in [0.1, 0.15) is 10.8 Å². The summed E-state index contributed by atoms with van der Waals surface area (Å²) in [5, 5.41) is 0.816. The monoisotopic (exact) mass is 248 g/mol. The zero-order valence-corrected chi connectivity index (χ0v) is 10.3. The van der Waals surface area contributed by atoms with Crippen LogP contribution >= 0.6 is 11.8 Å². The first-order valence-electron chi connectivity index (χ1n) is 5.25. The second-order valence-electron chi connectivity index (χ2n) is 3.76. The van der Waals surface area contributed by atoms with E-state index in [0.29, 0.717) is 5.69 Å². The van der Waals surface area contributed by atoms with Crippen LogP contribution in [0.1, 0.15) is 11.1 Å². The molecule has 1 aromatic carbocycles. The van der Waals surface area contributed by atoms with Crippen LogP contribution in [0.5, 0.6) is 0 Å². The minimum Gasteiger partial charge on any atom is -0.397 e. The fourth-order valence-electron chi connectivity index (χ4n) is 1.49. The van der Waals surface area contributed by atoms with Crippen molar-refractivity contribution in [1.82, 2.24) is 4.98 Å². The van der Waals surface area contributed by atoms with Gasteiger partial charge in [0.2, 0.25) is 0 Å². The number of hydrogen-bond acceptors (Lipinski definition) is 3. The molecule has 0 aliphatic carbocycles. The number of nitrogens with zero attached hydrogens (tertiary/aromatic N) is 1. The number of benzene rings is 1. The van der Waals surface area contributed by atoms with Crippen LogP contribution in [0.15, 0.2) is 41.6 Å². The van der Waals surface area contributed by atoms with Crippen molar-refractivity contribution < 1.29 is 4.39 Å². The van der Waals surface area contributed by atoms with Gasteiger partial charge in [0.15, 0.2) is 0 Å². The molecule has 0 amide bonds. The van der Waals surface area contributed by atoms with Gasteiger partial charge in [-0.25, -0.2) is 9.37 Å². The first-order chi connectivity index (χ1) is 8.16. The molecular weight excluding hydrogens is 235 g/mol. The van der Waals surface area contributed by atoms with Crippen molar-refractivity contribution in [3.8, 4) is 0 Å². The van der Waals surface area contributed by atoms with E-state index < -0.39 is 0 Å². The molecule has 0 saturated heterocycles. The van der Waals surface area contributed by atoms with Crippen molar-refractivity contribution in [2.45, 2.75) is 17.7 Å². The van der Waals surface area contributed by atoms with Gasteiger partial charge in [0, 0.05) is 11.9 Å². The smallest absolute Gasteiger partial charge is 0.123 e. The topological polar surface area (TPSA) is 38.9 Å². The predicted octanol–water partition coefficient (Wildman–Crippen LogP) is 3.40. The van der Waals surface area contributed by atoms with E-state index in [0.717, 1.165) is 21.9 Å². The summed E-state index contributed by atoms with van der Waals surface area (Å²) in [6, 6.07) is 8.45. The van der Waals surface area contributed by atoms with Crippen LogP contribution in [0.3, 0.4) is 0 Å². The number of anilines is 1. The van der Waals surface area contributed by atoms with Gasteiger partial charge in [0.05, 0.1) is 5.69 Å². The van der Waals surface area contributed by atoms with Crippen LogP contribution in [-0.4, -0.2) is 4.98 Å². The Morgan fingerprint density at radius 3 is 2.88 bits per heavy atom. The molecule has 1 aromatic heterocycles. The number of halogens is 1. The second kappa shape index (κ2) is 5.19. The molecule has 2 aromatic rings. The maximum atomic E-state index is 12.9. The van der Waals surface area contributed by atoms with Crippen LogP contribution in [0.4, 0.5) is 10.1 Å². The van der Waals surface area contributed by atoms with E-state index in [1.165, 1.54) is 12.1 Å². The number of aromatic nitrogens is 1. The van der Waals surface area contributed by atoms with E-state index in [-0.39, 0.29) is 5.82 Å². The number of thioether (sulfide) groups is 1. The molecule has 2 N–H and O–H groups in total. The van der Waals surface area contributed by atoms with Gasteiger partial charge >= 0.3 is 0 Å². The van der Waals surface area contributed by atoms with E-state index in [1.54, 1.807) is 24.0 Å². The number of hydrogen-bond donors (Lipinski definition) is 1. The highest BCUT2D eigenvalue weighted by atomic mass is 32.2. The number of nitrogen functional groups attached to an aromatic ring is 1. The van der Waals surface area contributed by atoms with Gasteiger partial charge < -0.3 is 5.73 Å². The Labute approximate surface area is 104 Å². The molecule has 2 rings (SSSR count). The van der Waals surface area contributed by atoms with Gasteiger partial charge in [-0.3, -0.25) is 0 Å². The summed E-state index contributed by atoms with van der Waals surface area (Å²) in [6.07, 6.45) is 1.72. The number of rotatable bonds is 3. The van der Waals surface area contributed by atoms with Gasteiger partial charge in [-0.15, -0.1) is 0 Å². The van der Waals surface area contributed by atoms with Crippen molar-refractivity contribution in [3.63, 3.8) is 0 Å². The van der Waals surface area contributed by atoms with Crippen LogP contribution in [-0.2, 0) is 5.75 Å². The summed E-state index contributed by atoms with van der Waals surface area (Å²) in [5.74, 6) is 0.543. The molecule has 0 unspecified atom stereocenters. The number of aryl methyl sites for hydroxylation is 1. The Morgan fingerprint density at radius 2 is 2.18 bits per heavy atom. The van der Waals surface area contributed by atoms with Crippen LogP contribution in [0.25, 0.3) is 0 Å². The zero-order valence-electron chi connectivity index (χ0n) is 9.48. The maximum Gasteiger partial charge on any atom is 0.123 e. The molecule has 0 aliphatic rings. The highest BCUT2D eigenvalue weighted by Gasteiger charge is 2.04. The fraction of sp³-hybridized carbons (Fsp3) is 0.154. The van der Waals surface area contributed by atoms with E-state index in [4.69, 9.17) is 5.73 Å². The molecule has 0 radical (unpaired) electrons. The van der Waals surface area contributed by atoms with Crippen molar-refractivity contribution in [1.29, 1.82) is 0 Å². The minimum absolute atomic E-state index is 0.200. The molecule has 0 spiro atoms. The fourth-order valence-corrected chi connectivity index (χ4v) is 2.48. The Bertz CT molecular complexity index is 529. The summed E-state index contributed by atoms with van der Waals surface area (Å²) < 4.78 is 12.9. The lowest BCUT2D eigenvalue weighted by Crippen LogP contribution is -1.93. The lowest BCUT2D eigenvalue weighted by molar-refractivity contribution is 0.626. The van der Waals surface area contributed by atoms with E-state index in [9.17, 15) is 4.39 Å². The average Bonchev–Trinajstić information content (AvgIpc) is 2.30. The van der Waals surface area contributed by atoms with Crippen LogP contribution in [0, 0.1) is 12.7 Å². The van der Waals surface area contributed by atoms with Crippen LogP contribution in [0.2, 0.25) is 0 Å². The molecule has 0 bridgehead atoms. The third-order valence-corrected chi connectivity index (χ3v) is 3.54. The quantitative estimate of drug-likeness (QED) is 0.846. The molecule has 0 atom stereocenters. The summed E-state index contributed by atoms with van der Waals surface area (Å²) in [4.78, 5) is 4.20. The number of pyridine rings is 1. The standard InChI is InChI=1S/C13H13FN2S/c1-9-7-11(14)5-4-10(9)8-17-13-12(15)3-2-6-16-13/h2-7H,8,15H2,1H3. The molecule has 0 aliphatic heterocycles. The lowest BCUT2D eigenvalue weighted by Gasteiger charge is -2.06. The Hall–Kier alpha value is -1.55. The summed E-state index contributed by atoms with van der Waals surface area (Å²) in [6.45, 7) is 1.90. The number of nitrogens with two attached hydrogens (primary N) is 1. The molecule has 88 valence electrons. The highest BCUT2D eigenvalue weighted by molar-refractivity contribution is 7.98. The molecule has 0 fully saturated rings. The molecule has 4 heteroatoms. The van der Waals surface area contributed by atoms with E-state index in [1.807, 2.05) is 19.1 Å². The van der Waals surface area contributed by atoms with Crippen LogP contribution < -0.4 is 5.73 Å².